The maximum atomic E-state index is 6.03. The highest BCUT2D eigenvalue weighted by Gasteiger charge is 2.22. The van der Waals surface area contributed by atoms with Crippen molar-refractivity contribution < 1.29 is 0 Å². The summed E-state index contributed by atoms with van der Waals surface area (Å²) in [5.74, 6) is 0. The van der Waals surface area contributed by atoms with Crippen LogP contribution in [-0.2, 0) is 7.05 Å². The van der Waals surface area contributed by atoms with Gasteiger partial charge in [0.15, 0.2) is 0 Å². The number of nitrogens with one attached hydrogen (secondary N) is 1. The fourth-order valence-corrected chi connectivity index (χ4v) is 2.03. The molecule has 0 aromatic carbocycles. The first-order valence-corrected chi connectivity index (χ1v) is 5.24. The van der Waals surface area contributed by atoms with Crippen LogP contribution >= 0.6 is 11.6 Å². The maximum Gasteiger partial charge on any atom is 0.149 e. The van der Waals surface area contributed by atoms with Crippen molar-refractivity contribution in [1.29, 1.82) is 0 Å². The summed E-state index contributed by atoms with van der Waals surface area (Å²) in [5.41, 5.74) is 6.74. The zero-order valence-electron chi connectivity index (χ0n) is 8.20. The lowest BCUT2D eigenvalue weighted by Crippen LogP contribution is -2.20. The maximum absolute atomic E-state index is 6.03. The Balaban J connectivity index is 2.01. The summed E-state index contributed by atoms with van der Waals surface area (Å²) in [6.45, 7) is 0. The predicted molar refractivity (Wildman–Crippen MR) is 57.5 cm³/mol. The van der Waals surface area contributed by atoms with Crippen LogP contribution in [0.2, 0.25) is 5.15 Å². The second-order valence-electron chi connectivity index (χ2n) is 3.89. The van der Waals surface area contributed by atoms with Crippen molar-refractivity contribution in [2.45, 2.75) is 31.3 Å². The third-order valence-corrected chi connectivity index (χ3v) is 3.15. The van der Waals surface area contributed by atoms with Crippen LogP contribution in [0.25, 0.3) is 0 Å². The number of nitrogens with two attached hydrogens (primary N) is 1. The zero-order valence-corrected chi connectivity index (χ0v) is 8.96. The predicted octanol–water partition coefficient (Wildman–Crippen LogP) is 1.37. The van der Waals surface area contributed by atoms with Gasteiger partial charge in [-0.3, -0.25) is 4.68 Å². The molecule has 14 heavy (non-hydrogen) atoms. The molecule has 3 N–H and O–H groups in total. The summed E-state index contributed by atoms with van der Waals surface area (Å²) < 4.78 is 1.65. The van der Waals surface area contributed by atoms with E-state index < -0.39 is 0 Å². The summed E-state index contributed by atoms with van der Waals surface area (Å²) in [5, 5.41) is 8.09. The first kappa shape index (κ1) is 9.80. The van der Waals surface area contributed by atoms with Crippen LogP contribution in [0.4, 0.5) is 5.69 Å². The topological polar surface area (TPSA) is 55.9 Å². The third-order valence-electron chi connectivity index (χ3n) is 2.70. The van der Waals surface area contributed by atoms with Crippen molar-refractivity contribution in [2.24, 2.45) is 12.8 Å². The molecule has 2 rings (SSSR count). The van der Waals surface area contributed by atoms with Crippen LogP contribution in [-0.4, -0.2) is 21.9 Å². The lowest BCUT2D eigenvalue weighted by molar-refractivity contribution is 0.688. The van der Waals surface area contributed by atoms with E-state index in [1.807, 2.05) is 7.05 Å². The Bertz CT molecular complexity index is 323. The molecule has 1 aromatic heterocycles. The second kappa shape index (κ2) is 3.79. The lowest BCUT2D eigenvalue weighted by Gasteiger charge is -2.12. The average Bonchev–Trinajstić information content (AvgIpc) is 2.67. The molecule has 78 valence electrons. The molecule has 2 atom stereocenters. The van der Waals surface area contributed by atoms with Gasteiger partial charge in [-0.15, -0.1) is 0 Å². The minimum atomic E-state index is 0.336. The van der Waals surface area contributed by atoms with E-state index in [2.05, 4.69) is 10.4 Å². The van der Waals surface area contributed by atoms with Crippen molar-refractivity contribution in [3.05, 3.63) is 11.3 Å². The standard InChI is InChI=1S/C9H15ClN4/c1-14-9(10)8(5-12-14)13-7-3-2-6(11)4-7/h5-7,13H,2-4,11H2,1H3. The summed E-state index contributed by atoms with van der Waals surface area (Å²) in [6, 6.07) is 0.787. The van der Waals surface area contributed by atoms with Gasteiger partial charge in [-0.2, -0.15) is 5.10 Å². The highest BCUT2D eigenvalue weighted by Crippen LogP contribution is 2.25. The minimum absolute atomic E-state index is 0.336. The van der Waals surface area contributed by atoms with E-state index in [4.69, 9.17) is 17.3 Å². The number of anilines is 1. The number of halogens is 1. The van der Waals surface area contributed by atoms with Gasteiger partial charge >= 0.3 is 0 Å². The largest absolute Gasteiger partial charge is 0.378 e. The Morgan fingerprint density at radius 2 is 2.43 bits per heavy atom. The highest BCUT2D eigenvalue weighted by molar-refractivity contribution is 6.32. The molecule has 1 heterocycles. The Morgan fingerprint density at radius 3 is 2.93 bits per heavy atom. The Morgan fingerprint density at radius 1 is 1.64 bits per heavy atom. The van der Waals surface area contributed by atoms with E-state index in [-0.39, 0.29) is 0 Å². The molecule has 1 aromatic rings. The monoisotopic (exact) mass is 214 g/mol. The van der Waals surface area contributed by atoms with E-state index in [0.29, 0.717) is 17.2 Å². The van der Waals surface area contributed by atoms with Crippen molar-refractivity contribution in [3.63, 3.8) is 0 Å². The number of aromatic nitrogens is 2. The molecule has 0 bridgehead atoms. The van der Waals surface area contributed by atoms with Crippen molar-refractivity contribution in [1.82, 2.24) is 9.78 Å². The van der Waals surface area contributed by atoms with Crippen LogP contribution < -0.4 is 11.1 Å². The SMILES string of the molecule is Cn1ncc(NC2CCC(N)C2)c1Cl. The molecule has 1 saturated carbocycles. The van der Waals surface area contributed by atoms with Gasteiger partial charge in [-0.05, 0) is 19.3 Å². The van der Waals surface area contributed by atoms with Crippen LogP contribution in [0.3, 0.4) is 0 Å². The van der Waals surface area contributed by atoms with Gasteiger partial charge in [0.2, 0.25) is 0 Å². The molecule has 0 radical (unpaired) electrons. The van der Waals surface area contributed by atoms with Crippen LogP contribution in [0.5, 0.6) is 0 Å². The van der Waals surface area contributed by atoms with E-state index >= 15 is 0 Å². The Labute approximate surface area is 88.4 Å². The van der Waals surface area contributed by atoms with Crippen LogP contribution in [0.15, 0.2) is 6.20 Å². The Hall–Kier alpha value is -0.740. The second-order valence-corrected chi connectivity index (χ2v) is 4.25. The molecule has 1 fully saturated rings. The minimum Gasteiger partial charge on any atom is -0.378 e. The first-order valence-electron chi connectivity index (χ1n) is 4.86. The van der Waals surface area contributed by atoms with Gasteiger partial charge in [-0.25, -0.2) is 0 Å². The molecule has 5 heteroatoms. The molecule has 4 nitrogen and oxygen atoms in total. The highest BCUT2D eigenvalue weighted by atomic mass is 35.5. The summed E-state index contributed by atoms with van der Waals surface area (Å²) in [4.78, 5) is 0. The zero-order chi connectivity index (χ0) is 10.1. The van der Waals surface area contributed by atoms with Gasteiger partial charge in [0.25, 0.3) is 0 Å². The molecular formula is C9H15ClN4. The molecule has 1 aliphatic carbocycles. The van der Waals surface area contributed by atoms with Crippen molar-refractivity contribution in [3.8, 4) is 0 Å². The van der Waals surface area contributed by atoms with E-state index in [9.17, 15) is 0 Å². The number of nitrogens with zero attached hydrogens (tertiary/aromatic N) is 2. The number of hydrogen-bond acceptors (Lipinski definition) is 3. The van der Waals surface area contributed by atoms with Crippen LogP contribution in [0.1, 0.15) is 19.3 Å². The summed E-state index contributed by atoms with van der Waals surface area (Å²) in [7, 11) is 1.83. The van der Waals surface area contributed by atoms with E-state index in [1.54, 1.807) is 10.9 Å². The quantitative estimate of drug-likeness (QED) is 0.782. The number of aryl methyl sites for hydroxylation is 1. The molecule has 0 amide bonds. The van der Waals surface area contributed by atoms with Gasteiger partial charge < -0.3 is 11.1 Å². The average molecular weight is 215 g/mol. The van der Waals surface area contributed by atoms with E-state index in [0.717, 1.165) is 24.9 Å². The molecular weight excluding hydrogens is 200 g/mol. The third kappa shape index (κ3) is 1.86. The van der Waals surface area contributed by atoms with Crippen molar-refractivity contribution in [2.75, 3.05) is 5.32 Å². The molecule has 0 spiro atoms. The summed E-state index contributed by atoms with van der Waals surface area (Å²) in [6.07, 6.45) is 4.99. The van der Waals surface area contributed by atoms with Gasteiger partial charge in [0, 0.05) is 19.1 Å². The number of hydrogen-bond donors (Lipinski definition) is 2. The number of rotatable bonds is 2. The molecule has 1 aliphatic rings. The lowest BCUT2D eigenvalue weighted by atomic mass is 10.2. The fourth-order valence-electron chi connectivity index (χ4n) is 1.89. The molecule has 2 unspecified atom stereocenters. The van der Waals surface area contributed by atoms with Crippen LogP contribution in [0, 0.1) is 0 Å². The molecule has 0 aliphatic heterocycles. The molecule has 0 saturated heterocycles. The normalized spacial score (nSPS) is 26.8. The smallest absolute Gasteiger partial charge is 0.149 e. The fraction of sp³-hybridized carbons (Fsp3) is 0.667. The van der Waals surface area contributed by atoms with Crippen molar-refractivity contribution >= 4 is 17.3 Å². The Kier molecular flexibility index (Phi) is 2.65. The van der Waals surface area contributed by atoms with E-state index in [1.165, 1.54) is 0 Å². The first-order chi connectivity index (χ1) is 6.66. The van der Waals surface area contributed by atoms with Gasteiger partial charge in [0.05, 0.1) is 11.9 Å². The summed E-state index contributed by atoms with van der Waals surface area (Å²) >= 11 is 6.03. The van der Waals surface area contributed by atoms with Gasteiger partial charge in [-0.1, -0.05) is 11.6 Å². The van der Waals surface area contributed by atoms with Gasteiger partial charge in [0.1, 0.15) is 5.15 Å².